The molecule has 4 heteroatoms. The highest BCUT2D eigenvalue weighted by Gasteiger charge is 2.08. The number of aromatic amines is 2. The Bertz CT molecular complexity index is 693. The minimum atomic E-state index is 0.635. The summed E-state index contributed by atoms with van der Waals surface area (Å²) in [6.45, 7) is 2.76. The molecule has 0 aliphatic carbocycles. The highest BCUT2D eigenvalue weighted by Crippen LogP contribution is 2.23. The minimum absolute atomic E-state index is 0.635. The number of nitrogens with zero attached hydrogens (tertiary/aromatic N) is 1. The van der Waals surface area contributed by atoms with Crippen molar-refractivity contribution < 1.29 is 0 Å². The second kappa shape index (κ2) is 4.90. The maximum atomic E-state index is 5.54. The fourth-order valence-corrected chi connectivity index (χ4v) is 2.49. The van der Waals surface area contributed by atoms with Crippen LogP contribution in [0.4, 0.5) is 0 Å². The van der Waals surface area contributed by atoms with E-state index in [2.05, 4.69) is 52.6 Å². The van der Waals surface area contributed by atoms with Crippen LogP contribution in [-0.2, 0) is 12.8 Å². The van der Waals surface area contributed by atoms with Gasteiger partial charge >= 0.3 is 0 Å². The summed E-state index contributed by atoms with van der Waals surface area (Å²) in [4.78, 5) is 3.35. The van der Waals surface area contributed by atoms with Gasteiger partial charge in [-0.05, 0) is 30.7 Å². The van der Waals surface area contributed by atoms with Gasteiger partial charge in [0, 0.05) is 35.6 Å². The van der Waals surface area contributed by atoms with Gasteiger partial charge in [-0.1, -0.05) is 18.2 Å². The van der Waals surface area contributed by atoms with Crippen molar-refractivity contribution in [1.29, 1.82) is 0 Å². The third-order valence-corrected chi connectivity index (χ3v) is 3.47. The second-order valence-electron chi connectivity index (χ2n) is 4.91. The van der Waals surface area contributed by atoms with E-state index in [0.717, 1.165) is 24.2 Å². The van der Waals surface area contributed by atoms with Gasteiger partial charge in [0.2, 0.25) is 0 Å². The zero-order chi connectivity index (χ0) is 13.2. The number of nitrogens with two attached hydrogens (primary N) is 1. The van der Waals surface area contributed by atoms with Gasteiger partial charge in [0.1, 0.15) is 0 Å². The summed E-state index contributed by atoms with van der Waals surface area (Å²) >= 11 is 0. The number of hydrogen-bond donors (Lipinski definition) is 3. The SMILES string of the molecule is Cc1cccc2c(Cc3cc(CCN)n[nH]3)c[nH]c12. The molecule has 0 amide bonds. The van der Waals surface area contributed by atoms with Crippen molar-refractivity contribution >= 4 is 10.9 Å². The first-order valence-electron chi connectivity index (χ1n) is 6.56. The Kier molecular flexibility index (Phi) is 3.09. The van der Waals surface area contributed by atoms with E-state index in [9.17, 15) is 0 Å². The first kappa shape index (κ1) is 12.0. The lowest BCUT2D eigenvalue weighted by Crippen LogP contribution is -2.02. The summed E-state index contributed by atoms with van der Waals surface area (Å²) in [5.74, 6) is 0. The van der Waals surface area contributed by atoms with Crippen LogP contribution in [0.25, 0.3) is 10.9 Å². The number of aromatic nitrogens is 3. The van der Waals surface area contributed by atoms with Gasteiger partial charge < -0.3 is 10.7 Å². The lowest BCUT2D eigenvalue weighted by Gasteiger charge is -1.98. The second-order valence-corrected chi connectivity index (χ2v) is 4.91. The average Bonchev–Trinajstić information content (AvgIpc) is 3.00. The summed E-state index contributed by atoms with van der Waals surface area (Å²) in [6, 6.07) is 8.48. The van der Waals surface area contributed by atoms with Crippen LogP contribution in [0.3, 0.4) is 0 Å². The monoisotopic (exact) mass is 254 g/mol. The molecule has 4 N–H and O–H groups in total. The smallest absolute Gasteiger partial charge is 0.0637 e. The van der Waals surface area contributed by atoms with E-state index in [1.165, 1.54) is 22.0 Å². The molecule has 0 saturated heterocycles. The highest BCUT2D eigenvalue weighted by molar-refractivity contribution is 5.86. The topological polar surface area (TPSA) is 70.5 Å². The Hall–Kier alpha value is -2.07. The van der Waals surface area contributed by atoms with E-state index in [-0.39, 0.29) is 0 Å². The van der Waals surface area contributed by atoms with Gasteiger partial charge in [-0.2, -0.15) is 5.10 Å². The van der Waals surface area contributed by atoms with Gasteiger partial charge in [0.05, 0.1) is 5.69 Å². The number of H-pyrrole nitrogens is 2. The summed E-state index contributed by atoms with van der Waals surface area (Å²) in [5.41, 5.74) is 11.5. The van der Waals surface area contributed by atoms with Crippen LogP contribution in [0, 0.1) is 6.92 Å². The molecule has 0 bridgehead atoms. The Balaban J connectivity index is 1.90. The molecule has 0 aliphatic heterocycles. The van der Waals surface area contributed by atoms with Gasteiger partial charge in [-0.3, -0.25) is 5.10 Å². The summed E-state index contributed by atoms with van der Waals surface area (Å²) in [5, 5.41) is 8.64. The van der Waals surface area contributed by atoms with Crippen molar-refractivity contribution in [2.24, 2.45) is 5.73 Å². The molecule has 98 valence electrons. The maximum absolute atomic E-state index is 5.54. The van der Waals surface area contributed by atoms with Crippen LogP contribution in [0.2, 0.25) is 0 Å². The van der Waals surface area contributed by atoms with Crippen LogP contribution >= 0.6 is 0 Å². The Morgan fingerprint density at radius 3 is 3.05 bits per heavy atom. The number of aryl methyl sites for hydroxylation is 1. The molecule has 19 heavy (non-hydrogen) atoms. The molecule has 2 aromatic heterocycles. The minimum Gasteiger partial charge on any atom is -0.361 e. The van der Waals surface area contributed by atoms with Crippen molar-refractivity contribution in [2.45, 2.75) is 19.8 Å². The zero-order valence-corrected chi connectivity index (χ0v) is 11.0. The molecule has 0 saturated carbocycles. The van der Waals surface area contributed by atoms with E-state index in [0.29, 0.717) is 6.54 Å². The predicted molar refractivity (Wildman–Crippen MR) is 77.2 cm³/mol. The standard InChI is InChI=1S/C15H18N4/c1-10-3-2-4-14-11(9-17-15(10)14)7-13-8-12(5-6-16)18-19-13/h2-4,8-9,17H,5-7,16H2,1H3,(H,18,19). The molecule has 0 unspecified atom stereocenters. The van der Waals surface area contributed by atoms with E-state index >= 15 is 0 Å². The van der Waals surface area contributed by atoms with Crippen molar-refractivity contribution in [3.05, 3.63) is 53.0 Å². The molecule has 0 radical (unpaired) electrons. The van der Waals surface area contributed by atoms with Crippen LogP contribution in [-0.4, -0.2) is 21.7 Å². The highest BCUT2D eigenvalue weighted by atomic mass is 15.1. The van der Waals surface area contributed by atoms with E-state index in [1.807, 2.05) is 0 Å². The van der Waals surface area contributed by atoms with Crippen molar-refractivity contribution in [3.63, 3.8) is 0 Å². The number of hydrogen-bond acceptors (Lipinski definition) is 2. The molecular weight excluding hydrogens is 236 g/mol. The summed E-state index contributed by atoms with van der Waals surface area (Å²) < 4.78 is 0. The van der Waals surface area contributed by atoms with E-state index in [1.54, 1.807) is 0 Å². The van der Waals surface area contributed by atoms with Gasteiger partial charge in [0.15, 0.2) is 0 Å². The number of para-hydroxylation sites is 1. The lowest BCUT2D eigenvalue weighted by atomic mass is 10.1. The molecule has 0 fully saturated rings. The van der Waals surface area contributed by atoms with E-state index in [4.69, 9.17) is 5.73 Å². The van der Waals surface area contributed by atoms with Crippen LogP contribution in [0.5, 0.6) is 0 Å². The normalized spacial score (nSPS) is 11.3. The third-order valence-electron chi connectivity index (χ3n) is 3.47. The Labute approximate surface area is 112 Å². The average molecular weight is 254 g/mol. The molecule has 0 atom stereocenters. The molecule has 4 nitrogen and oxygen atoms in total. The number of benzene rings is 1. The third kappa shape index (κ3) is 2.27. The van der Waals surface area contributed by atoms with Crippen LogP contribution in [0.1, 0.15) is 22.5 Å². The quantitative estimate of drug-likeness (QED) is 0.668. The van der Waals surface area contributed by atoms with Crippen molar-refractivity contribution in [3.8, 4) is 0 Å². The molecule has 0 aliphatic rings. The van der Waals surface area contributed by atoms with Gasteiger partial charge in [-0.25, -0.2) is 0 Å². The van der Waals surface area contributed by atoms with Gasteiger partial charge in [-0.15, -0.1) is 0 Å². The first-order chi connectivity index (χ1) is 9.28. The first-order valence-corrected chi connectivity index (χ1v) is 6.56. The molecular formula is C15H18N4. The summed E-state index contributed by atoms with van der Waals surface area (Å²) in [7, 11) is 0. The molecule has 2 heterocycles. The molecule has 3 rings (SSSR count). The van der Waals surface area contributed by atoms with Crippen LogP contribution < -0.4 is 5.73 Å². The fraction of sp³-hybridized carbons (Fsp3) is 0.267. The molecule has 0 spiro atoms. The number of nitrogens with one attached hydrogen (secondary N) is 2. The lowest BCUT2D eigenvalue weighted by molar-refractivity contribution is 0.894. The van der Waals surface area contributed by atoms with Crippen LogP contribution in [0.15, 0.2) is 30.5 Å². The molecule has 1 aromatic carbocycles. The maximum Gasteiger partial charge on any atom is 0.0637 e. The van der Waals surface area contributed by atoms with Gasteiger partial charge in [0.25, 0.3) is 0 Å². The summed E-state index contributed by atoms with van der Waals surface area (Å²) in [6.07, 6.45) is 3.77. The Morgan fingerprint density at radius 2 is 2.21 bits per heavy atom. The number of fused-ring (bicyclic) bond motifs is 1. The van der Waals surface area contributed by atoms with Crippen molar-refractivity contribution in [2.75, 3.05) is 6.54 Å². The molecule has 3 aromatic rings. The number of rotatable bonds is 4. The van der Waals surface area contributed by atoms with E-state index < -0.39 is 0 Å². The zero-order valence-electron chi connectivity index (χ0n) is 11.0. The predicted octanol–water partition coefficient (Wildman–Crippen LogP) is 2.29. The fourth-order valence-electron chi connectivity index (χ4n) is 2.49. The largest absolute Gasteiger partial charge is 0.361 e. The van der Waals surface area contributed by atoms with Crippen molar-refractivity contribution in [1.82, 2.24) is 15.2 Å². The Morgan fingerprint density at radius 1 is 1.32 bits per heavy atom.